The van der Waals surface area contributed by atoms with Gasteiger partial charge in [0.2, 0.25) is 5.91 Å². The Hall–Kier alpha value is -3.40. The maximum Gasteiger partial charge on any atom is 0.330 e. The molecule has 0 aliphatic heterocycles. The molecule has 10 heteroatoms. The number of hydrogen-bond donors (Lipinski definition) is 2. The topological polar surface area (TPSA) is 101 Å². The molecule has 174 valence electrons. The average molecular weight is 475 g/mol. The fourth-order valence-electron chi connectivity index (χ4n) is 3.24. The summed E-state index contributed by atoms with van der Waals surface area (Å²) in [7, 11) is 0. The standard InChI is InChI=1S/C23H24F2N4O3S/c1-2-3-11-28-21(26)20(22(31)27-23(28)32)29(13-15-7-5-4-6-8-15)19(30)14-33-18-10-9-16(24)12-17(18)25/h4-10,12H,2-3,11,13-14,26H2,1H3,(H,27,31,32). The number of nitrogens with zero attached hydrogens (tertiary/aromatic N) is 2. The molecule has 0 spiro atoms. The normalized spacial score (nSPS) is 10.9. The Kier molecular flexibility index (Phi) is 8.05. The van der Waals surface area contributed by atoms with E-state index in [0.717, 1.165) is 35.9 Å². The zero-order chi connectivity index (χ0) is 24.0. The van der Waals surface area contributed by atoms with Crippen molar-refractivity contribution in [3.05, 3.63) is 86.6 Å². The van der Waals surface area contributed by atoms with Crippen molar-refractivity contribution < 1.29 is 13.6 Å². The van der Waals surface area contributed by atoms with Gasteiger partial charge in [-0.3, -0.25) is 24.0 Å². The van der Waals surface area contributed by atoms with Gasteiger partial charge in [0.1, 0.15) is 17.5 Å². The van der Waals surface area contributed by atoms with Gasteiger partial charge in [0.05, 0.1) is 12.3 Å². The highest BCUT2D eigenvalue weighted by Crippen LogP contribution is 2.25. The molecule has 0 saturated carbocycles. The van der Waals surface area contributed by atoms with Crippen molar-refractivity contribution in [2.45, 2.75) is 37.8 Å². The van der Waals surface area contributed by atoms with Crippen molar-refractivity contribution in [1.29, 1.82) is 0 Å². The molecule has 3 aromatic rings. The molecule has 1 amide bonds. The monoisotopic (exact) mass is 474 g/mol. The molecule has 0 bridgehead atoms. The number of nitrogens with two attached hydrogens (primary N) is 1. The summed E-state index contributed by atoms with van der Waals surface area (Å²) in [6, 6.07) is 12.0. The molecule has 0 fully saturated rings. The van der Waals surface area contributed by atoms with Gasteiger partial charge in [-0.1, -0.05) is 43.7 Å². The summed E-state index contributed by atoms with van der Waals surface area (Å²) < 4.78 is 28.4. The quantitative estimate of drug-likeness (QED) is 0.462. The molecule has 0 atom stereocenters. The first-order chi connectivity index (χ1) is 15.8. The number of aromatic amines is 1. The van der Waals surface area contributed by atoms with Crippen molar-refractivity contribution in [3.8, 4) is 0 Å². The Balaban J connectivity index is 1.98. The molecule has 0 radical (unpaired) electrons. The maximum absolute atomic E-state index is 14.0. The van der Waals surface area contributed by atoms with Crippen LogP contribution in [0.3, 0.4) is 0 Å². The number of aromatic nitrogens is 2. The van der Waals surface area contributed by atoms with E-state index in [2.05, 4.69) is 4.98 Å². The lowest BCUT2D eigenvalue weighted by Crippen LogP contribution is -2.41. The van der Waals surface area contributed by atoms with Gasteiger partial charge in [0.25, 0.3) is 5.56 Å². The number of halogens is 2. The summed E-state index contributed by atoms with van der Waals surface area (Å²) in [5, 5.41) is 0. The number of carbonyl (C=O) groups is 1. The second-order valence-corrected chi connectivity index (χ2v) is 8.34. The molecule has 0 aliphatic carbocycles. The first-order valence-corrected chi connectivity index (χ1v) is 11.3. The van der Waals surface area contributed by atoms with E-state index < -0.39 is 28.8 Å². The van der Waals surface area contributed by atoms with E-state index in [0.29, 0.717) is 6.42 Å². The van der Waals surface area contributed by atoms with E-state index in [4.69, 9.17) is 5.73 Å². The summed E-state index contributed by atoms with van der Waals surface area (Å²) in [4.78, 5) is 41.8. The molecule has 33 heavy (non-hydrogen) atoms. The zero-order valence-corrected chi connectivity index (χ0v) is 18.8. The van der Waals surface area contributed by atoms with E-state index in [9.17, 15) is 23.2 Å². The minimum atomic E-state index is -0.785. The smallest absolute Gasteiger partial charge is 0.330 e. The minimum absolute atomic E-state index is 0.0192. The molecule has 2 aromatic carbocycles. The highest BCUT2D eigenvalue weighted by molar-refractivity contribution is 8.00. The van der Waals surface area contributed by atoms with Crippen LogP contribution < -0.4 is 21.9 Å². The van der Waals surface area contributed by atoms with Gasteiger partial charge in [-0.2, -0.15) is 0 Å². The first kappa shape index (κ1) is 24.2. The Morgan fingerprint density at radius 2 is 1.88 bits per heavy atom. The van der Waals surface area contributed by atoms with E-state index in [1.165, 1.54) is 15.5 Å². The molecule has 0 saturated heterocycles. The SMILES string of the molecule is CCCCn1c(N)c(N(Cc2ccccc2)C(=O)CSc2ccc(F)cc2F)c(=O)[nH]c1=O. The molecule has 0 unspecified atom stereocenters. The summed E-state index contributed by atoms with van der Waals surface area (Å²) in [5.41, 5.74) is 5.36. The number of thioether (sulfide) groups is 1. The molecule has 3 N–H and O–H groups in total. The van der Waals surface area contributed by atoms with Gasteiger partial charge in [0.15, 0.2) is 5.69 Å². The van der Waals surface area contributed by atoms with Crippen LogP contribution >= 0.6 is 11.8 Å². The number of hydrogen-bond acceptors (Lipinski definition) is 5. The van der Waals surface area contributed by atoms with E-state index in [1.54, 1.807) is 24.3 Å². The van der Waals surface area contributed by atoms with E-state index in [-0.39, 0.29) is 35.2 Å². The number of H-pyrrole nitrogens is 1. The number of anilines is 2. The van der Waals surface area contributed by atoms with Crippen LogP contribution in [0.25, 0.3) is 0 Å². The summed E-state index contributed by atoms with van der Waals surface area (Å²) in [5.74, 6) is -2.37. The second-order valence-electron chi connectivity index (χ2n) is 7.33. The number of carbonyl (C=O) groups excluding carboxylic acids is 1. The van der Waals surface area contributed by atoms with Crippen LogP contribution in [0.1, 0.15) is 25.3 Å². The average Bonchev–Trinajstić information content (AvgIpc) is 2.78. The lowest BCUT2D eigenvalue weighted by molar-refractivity contribution is -0.116. The Morgan fingerprint density at radius 3 is 2.55 bits per heavy atom. The summed E-state index contributed by atoms with van der Waals surface area (Å²) in [6.45, 7) is 2.25. The van der Waals surface area contributed by atoms with Crippen molar-refractivity contribution >= 4 is 29.2 Å². The van der Waals surface area contributed by atoms with Gasteiger partial charge in [-0.15, -0.1) is 11.8 Å². The van der Waals surface area contributed by atoms with Crippen LogP contribution in [0.4, 0.5) is 20.3 Å². The van der Waals surface area contributed by atoms with E-state index in [1.807, 2.05) is 13.0 Å². The molecule has 1 heterocycles. The van der Waals surface area contributed by atoms with Crippen molar-refractivity contribution in [2.24, 2.45) is 0 Å². The second kappa shape index (κ2) is 11.0. The minimum Gasteiger partial charge on any atom is -0.383 e. The first-order valence-electron chi connectivity index (χ1n) is 10.4. The number of amides is 1. The molecule has 3 rings (SSSR count). The molecule has 1 aromatic heterocycles. The van der Waals surface area contributed by atoms with E-state index >= 15 is 0 Å². The van der Waals surface area contributed by atoms with Crippen molar-refractivity contribution in [3.63, 3.8) is 0 Å². The highest BCUT2D eigenvalue weighted by Gasteiger charge is 2.25. The van der Waals surface area contributed by atoms with Gasteiger partial charge < -0.3 is 5.73 Å². The lowest BCUT2D eigenvalue weighted by Gasteiger charge is -2.24. The molecular weight excluding hydrogens is 450 g/mol. The van der Waals surface area contributed by atoms with Crippen LogP contribution in [0.2, 0.25) is 0 Å². The Labute approximate surface area is 193 Å². The number of rotatable bonds is 9. The van der Waals surface area contributed by atoms with Gasteiger partial charge >= 0.3 is 5.69 Å². The molecule has 7 nitrogen and oxygen atoms in total. The van der Waals surface area contributed by atoms with Crippen LogP contribution in [-0.4, -0.2) is 21.2 Å². The van der Waals surface area contributed by atoms with Crippen molar-refractivity contribution in [1.82, 2.24) is 9.55 Å². The highest BCUT2D eigenvalue weighted by atomic mass is 32.2. The van der Waals surface area contributed by atoms with Crippen LogP contribution in [0.5, 0.6) is 0 Å². The van der Waals surface area contributed by atoms with Gasteiger partial charge in [-0.05, 0) is 24.1 Å². The Morgan fingerprint density at radius 1 is 1.15 bits per heavy atom. The van der Waals surface area contributed by atoms with Crippen LogP contribution in [-0.2, 0) is 17.9 Å². The zero-order valence-electron chi connectivity index (χ0n) is 18.0. The third-order valence-electron chi connectivity index (χ3n) is 4.95. The number of unbranched alkanes of at least 4 members (excludes halogenated alkanes) is 1. The predicted molar refractivity (Wildman–Crippen MR) is 125 cm³/mol. The largest absolute Gasteiger partial charge is 0.383 e. The number of nitrogen functional groups attached to an aromatic ring is 1. The fourth-order valence-corrected chi connectivity index (χ4v) is 4.04. The fraction of sp³-hybridized carbons (Fsp3) is 0.261. The number of benzene rings is 2. The van der Waals surface area contributed by atoms with Gasteiger partial charge in [0, 0.05) is 17.5 Å². The lowest BCUT2D eigenvalue weighted by atomic mass is 10.2. The molecule has 0 aliphatic rings. The summed E-state index contributed by atoms with van der Waals surface area (Å²) >= 11 is 0.876. The van der Waals surface area contributed by atoms with Crippen molar-refractivity contribution in [2.75, 3.05) is 16.4 Å². The van der Waals surface area contributed by atoms with Crippen LogP contribution in [0.15, 0.2) is 63.0 Å². The van der Waals surface area contributed by atoms with Gasteiger partial charge in [-0.25, -0.2) is 13.6 Å². The number of nitrogens with one attached hydrogen (secondary N) is 1. The predicted octanol–water partition coefficient (Wildman–Crippen LogP) is 3.52. The van der Waals surface area contributed by atoms with Crippen LogP contribution in [0, 0.1) is 11.6 Å². The third kappa shape index (κ3) is 5.89. The maximum atomic E-state index is 14.0. The summed E-state index contributed by atoms with van der Waals surface area (Å²) in [6.07, 6.45) is 1.45. The Bertz CT molecular complexity index is 1240. The third-order valence-corrected chi connectivity index (χ3v) is 5.98. The molecular formula is C23H24F2N4O3S.